The van der Waals surface area contributed by atoms with Gasteiger partial charge in [-0.05, 0) is 54.2 Å². The molecule has 0 saturated carbocycles. The minimum absolute atomic E-state index is 0.0461. The Kier molecular flexibility index (Phi) is 4.47. The van der Waals surface area contributed by atoms with Crippen LogP contribution in [0.15, 0.2) is 48.5 Å². The van der Waals surface area contributed by atoms with Crippen LogP contribution in [0, 0.1) is 0 Å². The zero-order valence-electron chi connectivity index (χ0n) is 14.2. The van der Waals surface area contributed by atoms with Gasteiger partial charge < -0.3 is 15.3 Å². The third-order valence-electron chi connectivity index (χ3n) is 4.69. The predicted molar refractivity (Wildman–Crippen MR) is 97.7 cm³/mol. The van der Waals surface area contributed by atoms with Crippen LogP contribution in [0.3, 0.4) is 0 Å². The molecule has 4 nitrogen and oxygen atoms in total. The van der Waals surface area contributed by atoms with Gasteiger partial charge in [0.1, 0.15) is 5.75 Å². The largest absolute Gasteiger partial charge is 0.508 e. The number of phenolic OH excluding ortho intramolecular Hbond substituents is 1. The predicted octanol–water partition coefficient (Wildman–Crippen LogP) is 3.91. The van der Waals surface area contributed by atoms with Crippen molar-refractivity contribution in [2.75, 3.05) is 23.3 Å². The van der Waals surface area contributed by atoms with Crippen molar-refractivity contribution in [3.63, 3.8) is 0 Å². The van der Waals surface area contributed by atoms with Crippen LogP contribution in [0.5, 0.6) is 5.75 Å². The minimum atomic E-state index is -0.0461. The van der Waals surface area contributed by atoms with Crippen LogP contribution in [-0.4, -0.2) is 24.1 Å². The fourth-order valence-corrected chi connectivity index (χ4v) is 3.37. The Morgan fingerprint density at radius 2 is 1.88 bits per heavy atom. The van der Waals surface area contributed by atoms with Gasteiger partial charge in [-0.2, -0.15) is 0 Å². The number of aromatic hydroxyl groups is 1. The van der Waals surface area contributed by atoms with Crippen molar-refractivity contribution in [2.45, 2.75) is 32.1 Å². The number of hydrogen-bond acceptors (Lipinski definition) is 3. The number of carbonyl (C=O) groups is 1. The van der Waals surface area contributed by atoms with Crippen LogP contribution >= 0.6 is 0 Å². The molecule has 0 unspecified atom stereocenters. The quantitative estimate of drug-likeness (QED) is 0.842. The topological polar surface area (TPSA) is 52.6 Å². The molecule has 1 aliphatic heterocycles. The average molecular weight is 324 g/mol. The van der Waals surface area contributed by atoms with E-state index in [0.29, 0.717) is 12.2 Å². The highest BCUT2D eigenvalue weighted by atomic mass is 16.3. The lowest BCUT2D eigenvalue weighted by molar-refractivity contribution is -0.115. The second-order valence-electron chi connectivity index (χ2n) is 7.02. The van der Waals surface area contributed by atoms with E-state index in [1.807, 2.05) is 6.07 Å². The Hall–Kier alpha value is -2.49. The molecule has 1 heterocycles. The van der Waals surface area contributed by atoms with Gasteiger partial charge in [-0.3, -0.25) is 4.79 Å². The summed E-state index contributed by atoms with van der Waals surface area (Å²) in [4.78, 5) is 14.6. The summed E-state index contributed by atoms with van der Waals surface area (Å²) in [5.41, 5.74) is 3.28. The molecule has 0 fully saturated rings. The lowest BCUT2D eigenvalue weighted by Gasteiger charge is -2.28. The first-order chi connectivity index (χ1) is 11.5. The van der Waals surface area contributed by atoms with E-state index >= 15 is 0 Å². The van der Waals surface area contributed by atoms with E-state index in [-0.39, 0.29) is 17.1 Å². The maximum absolute atomic E-state index is 12.4. The Morgan fingerprint density at radius 3 is 2.62 bits per heavy atom. The first-order valence-electron chi connectivity index (χ1n) is 8.39. The monoisotopic (exact) mass is 324 g/mol. The van der Waals surface area contributed by atoms with Gasteiger partial charge in [-0.25, -0.2) is 0 Å². The van der Waals surface area contributed by atoms with Crippen LogP contribution in [0.25, 0.3) is 0 Å². The Bertz CT molecular complexity index is 723. The Morgan fingerprint density at radius 1 is 1.17 bits per heavy atom. The number of benzene rings is 2. The van der Waals surface area contributed by atoms with Gasteiger partial charge >= 0.3 is 0 Å². The third-order valence-corrected chi connectivity index (χ3v) is 4.69. The van der Waals surface area contributed by atoms with E-state index in [2.05, 4.69) is 42.3 Å². The lowest BCUT2D eigenvalue weighted by atomic mass is 9.80. The van der Waals surface area contributed by atoms with E-state index in [9.17, 15) is 9.90 Å². The van der Waals surface area contributed by atoms with Crippen molar-refractivity contribution in [1.82, 2.24) is 0 Å². The van der Waals surface area contributed by atoms with Crippen LogP contribution in [0.1, 0.15) is 32.3 Å². The number of para-hydroxylation sites is 1. The summed E-state index contributed by atoms with van der Waals surface area (Å²) in [6.45, 7) is 5.75. The molecule has 0 aromatic heterocycles. The molecule has 0 atom stereocenters. The molecule has 126 valence electrons. The summed E-state index contributed by atoms with van der Waals surface area (Å²) in [7, 11) is 0. The summed E-state index contributed by atoms with van der Waals surface area (Å²) in [5.74, 6) is 0.145. The van der Waals surface area contributed by atoms with E-state index in [1.54, 1.807) is 24.3 Å². The lowest BCUT2D eigenvalue weighted by Crippen LogP contribution is -2.34. The van der Waals surface area contributed by atoms with Crippen molar-refractivity contribution >= 4 is 17.3 Å². The maximum Gasteiger partial charge on any atom is 0.243 e. The van der Waals surface area contributed by atoms with Crippen molar-refractivity contribution in [2.24, 2.45) is 0 Å². The summed E-state index contributed by atoms with van der Waals surface area (Å²) in [6, 6.07) is 14.9. The van der Waals surface area contributed by atoms with Crippen LogP contribution in [0.4, 0.5) is 11.4 Å². The fourth-order valence-electron chi connectivity index (χ4n) is 3.37. The number of amides is 1. The van der Waals surface area contributed by atoms with E-state index in [1.165, 1.54) is 5.56 Å². The standard InChI is InChI=1S/C20H24N2O2/c1-20(2)12-5-13-22(18-7-4-3-6-17(18)20)14-19(24)21-15-8-10-16(23)11-9-15/h3-4,6-11,23H,5,12-14H2,1-2H3,(H,21,24). The molecular formula is C20H24N2O2. The first kappa shape index (κ1) is 16.4. The Labute approximate surface area is 143 Å². The molecule has 3 rings (SSSR count). The van der Waals surface area contributed by atoms with Gasteiger partial charge in [-0.15, -0.1) is 0 Å². The highest BCUT2D eigenvalue weighted by molar-refractivity contribution is 5.94. The molecule has 2 aromatic rings. The van der Waals surface area contributed by atoms with E-state index < -0.39 is 0 Å². The van der Waals surface area contributed by atoms with Crippen molar-refractivity contribution in [3.05, 3.63) is 54.1 Å². The number of fused-ring (bicyclic) bond motifs is 1. The molecule has 1 aliphatic rings. The van der Waals surface area contributed by atoms with Gasteiger partial charge in [0.15, 0.2) is 0 Å². The number of phenols is 1. The van der Waals surface area contributed by atoms with Gasteiger partial charge in [0, 0.05) is 17.9 Å². The second-order valence-corrected chi connectivity index (χ2v) is 7.02. The smallest absolute Gasteiger partial charge is 0.243 e. The molecule has 2 N–H and O–H groups in total. The molecule has 4 heteroatoms. The number of anilines is 2. The van der Waals surface area contributed by atoms with E-state index in [4.69, 9.17) is 0 Å². The SMILES string of the molecule is CC1(C)CCCN(CC(=O)Nc2ccc(O)cc2)c2ccccc21. The van der Waals surface area contributed by atoms with Gasteiger partial charge in [0.05, 0.1) is 6.54 Å². The van der Waals surface area contributed by atoms with Gasteiger partial charge in [0.25, 0.3) is 0 Å². The maximum atomic E-state index is 12.4. The van der Waals surface area contributed by atoms with Crippen LogP contribution in [0.2, 0.25) is 0 Å². The average Bonchev–Trinajstić information content (AvgIpc) is 2.67. The third kappa shape index (κ3) is 3.53. The number of carbonyl (C=O) groups excluding carboxylic acids is 1. The van der Waals surface area contributed by atoms with E-state index in [0.717, 1.165) is 25.1 Å². The molecule has 0 radical (unpaired) electrons. The summed E-state index contributed by atoms with van der Waals surface area (Å²) >= 11 is 0. The van der Waals surface area contributed by atoms with Gasteiger partial charge in [0.2, 0.25) is 5.91 Å². The summed E-state index contributed by atoms with van der Waals surface area (Å²) in [6.07, 6.45) is 2.17. The van der Waals surface area contributed by atoms with Crippen LogP contribution < -0.4 is 10.2 Å². The molecule has 0 aliphatic carbocycles. The number of nitrogens with one attached hydrogen (secondary N) is 1. The molecule has 1 amide bonds. The van der Waals surface area contributed by atoms with Gasteiger partial charge in [-0.1, -0.05) is 32.0 Å². The summed E-state index contributed by atoms with van der Waals surface area (Å²) in [5, 5.41) is 12.2. The number of hydrogen-bond donors (Lipinski definition) is 2. The van der Waals surface area contributed by atoms with Crippen molar-refractivity contribution in [3.8, 4) is 5.75 Å². The minimum Gasteiger partial charge on any atom is -0.508 e. The number of nitrogens with zero attached hydrogens (tertiary/aromatic N) is 1. The zero-order valence-corrected chi connectivity index (χ0v) is 14.2. The number of rotatable bonds is 3. The molecule has 2 aromatic carbocycles. The zero-order chi connectivity index (χ0) is 17.2. The van der Waals surface area contributed by atoms with Crippen molar-refractivity contribution in [1.29, 1.82) is 0 Å². The first-order valence-corrected chi connectivity index (χ1v) is 8.39. The molecule has 0 saturated heterocycles. The highest BCUT2D eigenvalue weighted by Crippen LogP contribution is 2.38. The second kappa shape index (κ2) is 6.56. The Balaban J connectivity index is 1.76. The molecule has 0 spiro atoms. The molecular weight excluding hydrogens is 300 g/mol. The highest BCUT2D eigenvalue weighted by Gasteiger charge is 2.29. The fraction of sp³-hybridized carbons (Fsp3) is 0.350. The molecule has 0 bridgehead atoms. The van der Waals surface area contributed by atoms with Crippen LogP contribution in [-0.2, 0) is 10.2 Å². The summed E-state index contributed by atoms with van der Waals surface area (Å²) < 4.78 is 0. The van der Waals surface area contributed by atoms with Crippen molar-refractivity contribution < 1.29 is 9.90 Å². The molecule has 24 heavy (non-hydrogen) atoms. The normalized spacial score (nSPS) is 16.2.